The van der Waals surface area contributed by atoms with Crippen LogP contribution in [-0.4, -0.2) is 64.9 Å². The molecule has 2 unspecified atom stereocenters. The van der Waals surface area contributed by atoms with Crippen molar-refractivity contribution in [1.29, 1.82) is 10.5 Å². The van der Waals surface area contributed by atoms with Crippen LogP contribution in [0.5, 0.6) is 0 Å². The summed E-state index contributed by atoms with van der Waals surface area (Å²) in [5, 5.41) is 22.9. The number of benzene rings is 3. The van der Waals surface area contributed by atoms with Crippen molar-refractivity contribution in [1.82, 2.24) is 19.6 Å². The Bertz CT molecular complexity index is 2670. The van der Waals surface area contributed by atoms with Crippen molar-refractivity contribution >= 4 is 91.5 Å². The second-order valence-corrected chi connectivity index (χ2v) is 16.8. The molecule has 0 aliphatic rings. The van der Waals surface area contributed by atoms with Gasteiger partial charge in [-0.05, 0) is 42.5 Å². The fraction of sp³-hybridized carbons (Fsp3) is 0.176. The first-order valence-corrected chi connectivity index (χ1v) is 20.0. The monoisotopic (exact) mass is 1030 g/mol. The zero-order valence-corrected chi connectivity index (χ0v) is 35.4. The number of carbonyl (C=O) groups excluding carboxylic acids is 2. The largest absolute Gasteiger partial charge is 0.476 e. The third kappa shape index (κ3) is 9.38. The standard InChI is InChI=1S/C34H14Cl4F12N8O4S2/c1-55(27-25(63(61)33(45,46)47)21(11-51)53-57(27)23-17(35)7-15(8-18(23)36)31(39,40)41)29(59)13-4-3-5-14(6-13)30(60)56(2)28-26(64(62)34(48,49)50)22(12-52)54-58(28)24-19(37)9-16(10-20(24)38)32(42,43)44/h3-10H,1-2H3. The predicted octanol–water partition coefficient (Wildman–Crippen LogP) is 10.3. The molecule has 0 bridgehead atoms. The average molecular weight is 1030 g/mol. The van der Waals surface area contributed by atoms with Crippen LogP contribution in [0, 0.1) is 22.7 Å². The molecule has 0 saturated carbocycles. The number of hydrogen-bond acceptors (Lipinski definition) is 8. The zero-order valence-electron chi connectivity index (χ0n) is 30.7. The molecule has 2 amide bonds. The molecule has 12 nitrogen and oxygen atoms in total. The van der Waals surface area contributed by atoms with Gasteiger partial charge in [-0.3, -0.25) is 19.4 Å². The molecule has 64 heavy (non-hydrogen) atoms. The van der Waals surface area contributed by atoms with Gasteiger partial charge < -0.3 is 0 Å². The topological polar surface area (TPSA) is 158 Å². The lowest BCUT2D eigenvalue weighted by atomic mass is 10.1. The fourth-order valence-electron chi connectivity index (χ4n) is 5.64. The van der Waals surface area contributed by atoms with Crippen molar-refractivity contribution in [3.05, 3.63) is 102 Å². The summed E-state index contributed by atoms with van der Waals surface area (Å²) in [4.78, 5) is 25.7. The van der Waals surface area contributed by atoms with Gasteiger partial charge >= 0.3 is 23.4 Å². The Balaban J connectivity index is 1.70. The van der Waals surface area contributed by atoms with Crippen molar-refractivity contribution in [3.63, 3.8) is 0 Å². The van der Waals surface area contributed by atoms with Gasteiger partial charge in [-0.15, -0.1) is 0 Å². The maximum atomic E-state index is 14.1. The fourth-order valence-corrected chi connectivity index (χ4v) is 8.70. The minimum atomic E-state index is -5.68. The minimum absolute atomic E-state index is 0.233. The lowest BCUT2D eigenvalue weighted by Gasteiger charge is -2.23. The van der Waals surface area contributed by atoms with E-state index in [-0.39, 0.29) is 43.4 Å². The van der Waals surface area contributed by atoms with Crippen molar-refractivity contribution in [2.45, 2.75) is 33.2 Å². The Labute approximate surface area is 373 Å². The molecule has 338 valence electrons. The molecular formula is C34H14Cl4F12N8O4S2. The van der Waals surface area contributed by atoms with Crippen LogP contribution >= 0.6 is 46.4 Å². The van der Waals surface area contributed by atoms with Gasteiger partial charge in [0.15, 0.2) is 44.6 Å². The molecule has 30 heteroatoms. The normalized spacial score (nSPS) is 13.2. The molecule has 2 aromatic heterocycles. The number of anilines is 2. The summed E-state index contributed by atoms with van der Waals surface area (Å²) < 4.78 is 191. The van der Waals surface area contributed by atoms with Gasteiger partial charge in [0.2, 0.25) is 0 Å². The molecular weight excluding hydrogens is 1020 g/mol. The number of carbonyl (C=O) groups is 2. The molecule has 0 saturated heterocycles. The Kier molecular flexibility index (Phi) is 13.6. The SMILES string of the molecule is CN(C(=O)c1cccc(C(=O)N(C)c2c(S(=O)C(F)(F)F)c(C#N)nn2-c2c(Cl)cc(C(F)(F)F)cc2Cl)c1)c1c(S(=O)C(F)(F)F)c(C#N)nn1-c1c(Cl)cc(C(F)(F)F)cc1Cl. The van der Waals surface area contributed by atoms with Crippen LogP contribution in [0.4, 0.5) is 64.3 Å². The molecule has 0 aliphatic heterocycles. The van der Waals surface area contributed by atoms with E-state index >= 15 is 0 Å². The summed E-state index contributed by atoms with van der Waals surface area (Å²) in [6.45, 7) is 0. The number of hydrogen-bond donors (Lipinski definition) is 0. The number of halogens is 16. The molecule has 2 atom stereocenters. The maximum absolute atomic E-state index is 14.1. The van der Waals surface area contributed by atoms with Crippen molar-refractivity contribution in [2.24, 2.45) is 0 Å². The van der Waals surface area contributed by atoms with Gasteiger partial charge in [-0.2, -0.15) is 73.4 Å². The number of alkyl halides is 12. The highest BCUT2D eigenvalue weighted by atomic mass is 35.5. The molecule has 5 rings (SSSR count). The second-order valence-electron chi connectivity index (χ2n) is 12.4. The van der Waals surface area contributed by atoms with Gasteiger partial charge in [0.1, 0.15) is 33.3 Å². The van der Waals surface area contributed by atoms with Crippen LogP contribution in [0.15, 0.2) is 58.3 Å². The van der Waals surface area contributed by atoms with Gasteiger partial charge in [0.25, 0.3) is 11.8 Å². The van der Waals surface area contributed by atoms with E-state index in [1.165, 1.54) is 12.1 Å². The lowest BCUT2D eigenvalue weighted by molar-refractivity contribution is -0.138. The number of rotatable bonds is 8. The van der Waals surface area contributed by atoms with Crippen molar-refractivity contribution < 1.29 is 70.7 Å². The Hall–Kier alpha value is -5.38. The highest BCUT2D eigenvalue weighted by Crippen LogP contribution is 2.44. The number of nitrogens with zero attached hydrogens (tertiary/aromatic N) is 8. The van der Waals surface area contributed by atoms with E-state index in [0.29, 0.717) is 20.2 Å². The first kappa shape index (κ1) is 49.6. The van der Waals surface area contributed by atoms with Gasteiger partial charge in [-0.1, -0.05) is 52.5 Å². The molecule has 0 aliphatic carbocycles. The van der Waals surface area contributed by atoms with Crippen LogP contribution < -0.4 is 9.80 Å². The Morgan fingerprint density at radius 3 is 1.14 bits per heavy atom. The number of amides is 2. The van der Waals surface area contributed by atoms with Crippen LogP contribution in [0.3, 0.4) is 0 Å². The van der Waals surface area contributed by atoms with Gasteiger partial charge in [-0.25, -0.2) is 17.8 Å². The van der Waals surface area contributed by atoms with Crippen molar-refractivity contribution in [3.8, 4) is 23.5 Å². The average Bonchev–Trinajstić information content (AvgIpc) is 3.75. The third-order valence-electron chi connectivity index (χ3n) is 8.35. The number of aromatic nitrogens is 4. The summed E-state index contributed by atoms with van der Waals surface area (Å²) in [6, 6.07) is 6.98. The van der Waals surface area contributed by atoms with Gasteiger partial charge in [0, 0.05) is 25.2 Å². The van der Waals surface area contributed by atoms with Gasteiger partial charge in [0.05, 0.1) is 31.2 Å². The minimum Gasteiger partial charge on any atom is -0.295 e. The molecule has 2 heterocycles. The molecule has 0 radical (unpaired) electrons. The number of nitriles is 2. The predicted molar refractivity (Wildman–Crippen MR) is 203 cm³/mol. The van der Waals surface area contributed by atoms with E-state index in [9.17, 15) is 81.2 Å². The summed E-state index contributed by atoms with van der Waals surface area (Å²) in [7, 11) is -7.02. The van der Waals surface area contributed by atoms with Crippen LogP contribution in [-0.2, 0) is 34.0 Å². The molecule has 5 aromatic rings. The van der Waals surface area contributed by atoms with E-state index < -0.39 is 143 Å². The third-order valence-corrected chi connectivity index (χ3v) is 11.8. The molecule has 0 N–H and O–H groups in total. The lowest BCUT2D eigenvalue weighted by Crippen LogP contribution is -2.32. The Morgan fingerprint density at radius 1 is 0.594 bits per heavy atom. The zero-order chi connectivity index (χ0) is 48.3. The van der Waals surface area contributed by atoms with E-state index in [0.717, 1.165) is 18.2 Å². The summed E-state index contributed by atoms with van der Waals surface area (Å²) in [5.41, 5.74) is -19.9. The quantitative estimate of drug-likeness (QED) is 0.139. The van der Waals surface area contributed by atoms with Crippen molar-refractivity contribution in [2.75, 3.05) is 23.9 Å². The molecule has 0 spiro atoms. The van der Waals surface area contributed by atoms with E-state index in [1.54, 1.807) is 0 Å². The summed E-state index contributed by atoms with van der Waals surface area (Å²) in [6.07, 6.45) is -10.1. The van der Waals surface area contributed by atoms with Crippen LogP contribution in [0.2, 0.25) is 20.1 Å². The van der Waals surface area contributed by atoms with Crippen LogP contribution in [0.25, 0.3) is 11.4 Å². The summed E-state index contributed by atoms with van der Waals surface area (Å²) >= 11 is 24.3. The van der Waals surface area contributed by atoms with E-state index in [2.05, 4.69) is 10.2 Å². The first-order chi connectivity index (χ1) is 29.4. The summed E-state index contributed by atoms with van der Waals surface area (Å²) in [5.74, 6) is -5.32. The molecule has 3 aromatic carbocycles. The smallest absolute Gasteiger partial charge is 0.295 e. The molecule has 0 fully saturated rings. The highest BCUT2D eigenvalue weighted by Gasteiger charge is 2.46. The second kappa shape index (κ2) is 17.5. The maximum Gasteiger partial charge on any atom is 0.476 e. The Morgan fingerprint density at radius 2 is 0.891 bits per heavy atom. The van der Waals surface area contributed by atoms with E-state index in [1.807, 2.05) is 0 Å². The highest BCUT2D eigenvalue weighted by molar-refractivity contribution is 7.86. The first-order valence-electron chi connectivity index (χ1n) is 16.2. The van der Waals surface area contributed by atoms with Crippen LogP contribution in [0.1, 0.15) is 43.2 Å². The van der Waals surface area contributed by atoms with E-state index in [4.69, 9.17) is 46.4 Å².